The van der Waals surface area contributed by atoms with Crippen LogP contribution in [0.4, 0.5) is 0 Å². The lowest BCUT2D eigenvalue weighted by Gasteiger charge is -2.25. The fourth-order valence-corrected chi connectivity index (χ4v) is 4.16. The van der Waals surface area contributed by atoms with Gasteiger partial charge in [-0.15, -0.1) is 0 Å². The summed E-state index contributed by atoms with van der Waals surface area (Å²) in [5, 5.41) is 16.8. The Hall–Kier alpha value is -3.68. The van der Waals surface area contributed by atoms with E-state index in [1.165, 1.54) is 24.3 Å². The number of aromatic nitrogens is 2. The van der Waals surface area contributed by atoms with Gasteiger partial charge in [0, 0.05) is 0 Å². The Kier molecular flexibility index (Phi) is 9.25. The molecular weight excluding hydrogens is 510 g/mol. The quantitative estimate of drug-likeness (QED) is 0.340. The number of hydrogen-bond donors (Lipinski definition) is 1. The van der Waals surface area contributed by atoms with E-state index in [0.29, 0.717) is 0 Å². The molecule has 0 aliphatic carbocycles. The predicted molar refractivity (Wildman–Crippen MR) is 126 cm³/mol. The van der Waals surface area contributed by atoms with Gasteiger partial charge in [-0.25, -0.2) is 13.2 Å². The van der Waals surface area contributed by atoms with Crippen LogP contribution in [0.25, 0.3) is 0 Å². The number of nitrogens with one attached hydrogen (secondary N) is 1. The first-order chi connectivity index (χ1) is 17.0. The molecule has 2 rings (SSSR count). The molecule has 1 aromatic carbocycles. The van der Waals surface area contributed by atoms with Crippen LogP contribution in [0.5, 0.6) is 5.88 Å². The summed E-state index contributed by atoms with van der Waals surface area (Å²) >= 11 is 0. The highest BCUT2D eigenvalue weighted by atomic mass is 32.2. The highest BCUT2D eigenvalue weighted by Gasteiger charge is 2.36. The lowest BCUT2D eigenvalue weighted by molar-refractivity contribution is -0.832. The first-order valence-corrected chi connectivity index (χ1v) is 12.7. The molecule has 0 aliphatic heterocycles. The molecule has 1 N–H and O–H groups in total. The minimum atomic E-state index is -4.33. The SMILES string of the molecule is CC(C)(C)OC(=O)C[C@H](NC(=O)CCOc1no[n+]([O-])c1S(=O)(=O)c1ccccc1)C(=O)OC(C)(C)C. The number of esters is 2. The van der Waals surface area contributed by atoms with Crippen molar-refractivity contribution >= 4 is 27.7 Å². The minimum absolute atomic E-state index is 0.187. The number of carbonyl (C=O) groups excluding carboxylic acids is 3. The van der Waals surface area contributed by atoms with Crippen molar-refractivity contribution in [1.29, 1.82) is 0 Å². The molecule has 0 saturated carbocycles. The fraction of sp³-hybridized carbons (Fsp3) is 0.522. The zero-order valence-electron chi connectivity index (χ0n) is 21.5. The first-order valence-electron chi connectivity index (χ1n) is 11.3. The summed E-state index contributed by atoms with van der Waals surface area (Å²) in [5.74, 6) is -2.92. The molecule has 1 atom stereocenters. The Labute approximate surface area is 214 Å². The number of amides is 1. The average molecular weight is 542 g/mol. The molecule has 2 aromatic rings. The van der Waals surface area contributed by atoms with Crippen LogP contribution in [0.1, 0.15) is 54.4 Å². The number of carbonyl (C=O) groups is 3. The van der Waals surface area contributed by atoms with Crippen LogP contribution in [-0.4, -0.2) is 55.3 Å². The summed E-state index contributed by atoms with van der Waals surface area (Å²) in [4.78, 5) is 36.9. The topological polar surface area (TPSA) is 178 Å². The maximum absolute atomic E-state index is 12.8. The largest absolute Gasteiger partial charge is 0.460 e. The molecule has 37 heavy (non-hydrogen) atoms. The van der Waals surface area contributed by atoms with Crippen molar-refractivity contribution in [2.75, 3.05) is 6.61 Å². The van der Waals surface area contributed by atoms with E-state index in [-0.39, 0.29) is 16.2 Å². The molecule has 0 saturated heterocycles. The second kappa shape index (κ2) is 11.6. The summed E-state index contributed by atoms with van der Waals surface area (Å²) in [7, 11) is -4.33. The van der Waals surface area contributed by atoms with Crippen LogP contribution in [0, 0.1) is 5.21 Å². The zero-order chi connectivity index (χ0) is 28.0. The van der Waals surface area contributed by atoms with Crippen molar-refractivity contribution < 1.29 is 46.5 Å². The monoisotopic (exact) mass is 541 g/mol. The van der Waals surface area contributed by atoms with Crippen LogP contribution in [-0.2, 0) is 33.7 Å². The van der Waals surface area contributed by atoms with E-state index < -0.39 is 68.9 Å². The number of hydrogen-bond acceptors (Lipinski definition) is 11. The Morgan fingerprint density at radius 1 is 1.05 bits per heavy atom. The number of benzene rings is 1. The van der Waals surface area contributed by atoms with Gasteiger partial charge >= 0.3 is 22.8 Å². The lowest BCUT2D eigenvalue weighted by atomic mass is 10.1. The molecule has 0 aliphatic rings. The Morgan fingerprint density at radius 2 is 1.65 bits per heavy atom. The average Bonchev–Trinajstić information content (AvgIpc) is 3.12. The third-order valence-electron chi connectivity index (χ3n) is 4.24. The van der Waals surface area contributed by atoms with Gasteiger partial charge in [0.15, 0.2) is 0 Å². The van der Waals surface area contributed by atoms with Gasteiger partial charge in [0.1, 0.15) is 23.9 Å². The predicted octanol–water partition coefficient (Wildman–Crippen LogP) is 1.47. The van der Waals surface area contributed by atoms with Crippen molar-refractivity contribution in [1.82, 2.24) is 10.5 Å². The van der Waals surface area contributed by atoms with Gasteiger partial charge < -0.3 is 24.7 Å². The molecule has 0 spiro atoms. The summed E-state index contributed by atoms with van der Waals surface area (Å²) in [5.41, 5.74) is -1.68. The Morgan fingerprint density at radius 3 is 2.22 bits per heavy atom. The molecule has 0 unspecified atom stereocenters. The maximum atomic E-state index is 12.8. The molecule has 14 heteroatoms. The van der Waals surface area contributed by atoms with E-state index in [9.17, 15) is 28.0 Å². The second-order valence-electron chi connectivity index (χ2n) is 9.90. The van der Waals surface area contributed by atoms with Gasteiger partial charge in [-0.2, -0.15) is 0 Å². The van der Waals surface area contributed by atoms with Crippen molar-refractivity contribution in [3.8, 4) is 5.88 Å². The molecular formula is C23H31N3O10S. The zero-order valence-corrected chi connectivity index (χ0v) is 22.3. The lowest BCUT2D eigenvalue weighted by Crippen LogP contribution is -2.46. The van der Waals surface area contributed by atoms with Crippen molar-refractivity contribution in [3.05, 3.63) is 35.5 Å². The van der Waals surface area contributed by atoms with Crippen molar-refractivity contribution in [2.24, 2.45) is 0 Å². The standard InChI is InChI=1S/C23H31N3O10S/c1-22(2,3)34-18(28)14-16(21(29)35-23(4,5)6)24-17(27)12-13-33-19-20(26(30)36-25-19)37(31,32)15-10-8-7-9-11-15/h7-11,16H,12-14H2,1-6H3,(H,24,27)/t16-/m0/s1. The van der Waals surface area contributed by atoms with Gasteiger partial charge in [0.2, 0.25) is 5.91 Å². The van der Waals surface area contributed by atoms with Crippen LogP contribution in [0.15, 0.2) is 44.9 Å². The summed E-state index contributed by atoms with van der Waals surface area (Å²) in [6.45, 7) is 9.44. The van der Waals surface area contributed by atoms with E-state index in [1.54, 1.807) is 47.6 Å². The smallest absolute Gasteiger partial charge is 0.414 e. The molecule has 1 amide bonds. The summed E-state index contributed by atoms with van der Waals surface area (Å²) in [6.07, 6.45) is -0.859. The molecule has 13 nitrogen and oxygen atoms in total. The highest BCUT2D eigenvalue weighted by Crippen LogP contribution is 2.25. The second-order valence-corrected chi connectivity index (χ2v) is 11.8. The van der Waals surface area contributed by atoms with Gasteiger partial charge in [-0.05, 0) is 58.6 Å². The van der Waals surface area contributed by atoms with Gasteiger partial charge in [-0.3, -0.25) is 14.2 Å². The van der Waals surface area contributed by atoms with Crippen molar-refractivity contribution in [3.63, 3.8) is 0 Å². The van der Waals surface area contributed by atoms with Crippen LogP contribution < -0.4 is 15.0 Å². The first kappa shape index (κ1) is 29.5. The Bertz CT molecular complexity index is 1210. The van der Waals surface area contributed by atoms with E-state index in [1.807, 2.05) is 0 Å². The van der Waals surface area contributed by atoms with Gasteiger partial charge in [-0.1, -0.05) is 18.2 Å². The van der Waals surface area contributed by atoms with E-state index >= 15 is 0 Å². The van der Waals surface area contributed by atoms with Crippen LogP contribution >= 0.6 is 0 Å². The van der Waals surface area contributed by atoms with Crippen LogP contribution in [0.3, 0.4) is 0 Å². The fourth-order valence-electron chi connectivity index (χ4n) is 2.86. The molecule has 0 radical (unpaired) electrons. The minimum Gasteiger partial charge on any atom is -0.460 e. The number of ether oxygens (including phenoxy) is 3. The number of sulfone groups is 1. The molecule has 0 fully saturated rings. The molecule has 0 bridgehead atoms. The van der Waals surface area contributed by atoms with Crippen LogP contribution in [0.2, 0.25) is 0 Å². The van der Waals surface area contributed by atoms with E-state index in [0.717, 1.165) is 0 Å². The summed E-state index contributed by atoms with van der Waals surface area (Å²) < 4.78 is 45.7. The number of nitrogens with zero attached hydrogens (tertiary/aromatic N) is 2. The van der Waals surface area contributed by atoms with Gasteiger partial charge in [0.25, 0.3) is 9.84 Å². The normalized spacial score (nSPS) is 12.9. The highest BCUT2D eigenvalue weighted by molar-refractivity contribution is 7.91. The third kappa shape index (κ3) is 9.04. The molecule has 204 valence electrons. The van der Waals surface area contributed by atoms with Crippen molar-refractivity contribution in [2.45, 2.75) is 81.5 Å². The van der Waals surface area contributed by atoms with E-state index in [4.69, 9.17) is 14.2 Å². The maximum Gasteiger partial charge on any atom is 0.414 e. The number of rotatable bonds is 10. The third-order valence-corrected chi connectivity index (χ3v) is 5.97. The molecule has 1 aromatic heterocycles. The van der Waals surface area contributed by atoms with E-state index in [2.05, 4.69) is 15.1 Å². The molecule has 1 heterocycles. The summed E-state index contributed by atoms with van der Waals surface area (Å²) in [6, 6.07) is 5.76. The Balaban J connectivity index is 2.07. The van der Waals surface area contributed by atoms with Gasteiger partial charge in [0.05, 0.1) is 22.9 Å².